The van der Waals surface area contributed by atoms with Gasteiger partial charge in [-0.25, -0.2) is 0 Å². The van der Waals surface area contributed by atoms with Gasteiger partial charge in [-0.15, -0.1) is 11.6 Å². The van der Waals surface area contributed by atoms with Gasteiger partial charge in [-0.3, -0.25) is 4.79 Å². The van der Waals surface area contributed by atoms with Gasteiger partial charge in [0.1, 0.15) is 0 Å². The second-order valence-electron chi connectivity index (χ2n) is 5.12. The van der Waals surface area contributed by atoms with Crippen LogP contribution in [0.1, 0.15) is 46.9 Å². The van der Waals surface area contributed by atoms with Crippen LogP contribution >= 0.6 is 11.6 Å². The highest BCUT2D eigenvalue weighted by Gasteiger charge is 2.11. The van der Waals surface area contributed by atoms with Gasteiger partial charge in [0.25, 0.3) is 5.91 Å². The van der Waals surface area contributed by atoms with E-state index in [2.05, 4.69) is 36.5 Å². The van der Waals surface area contributed by atoms with Gasteiger partial charge in [-0.2, -0.15) is 0 Å². The van der Waals surface area contributed by atoms with Crippen molar-refractivity contribution in [3.8, 4) is 0 Å². The molecule has 0 aliphatic heterocycles. The van der Waals surface area contributed by atoms with Crippen LogP contribution in [0.2, 0.25) is 0 Å². The molecule has 0 heterocycles. The molecule has 21 heavy (non-hydrogen) atoms. The second-order valence-corrected chi connectivity index (χ2v) is 5.39. The first-order valence-electron chi connectivity index (χ1n) is 7.18. The maximum atomic E-state index is 12.2. The number of benzene rings is 2. The van der Waals surface area contributed by atoms with Crippen molar-refractivity contribution >= 4 is 17.5 Å². The van der Waals surface area contributed by atoms with Crippen molar-refractivity contribution in [2.75, 3.05) is 0 Å². The molecule has 0 aliphatic rings. The van der Waals surface area contributed by atoms with Crippen molar-refractivity contribution in [2.45, 2.75) is 32.2 Å². The van der Waals surface area contributed by atoms with Crippen LogP contribution in [0.4, 0.5) is 0 Å². The highest BCUT2D eigenvalue weighted by molar-refractivity contribution is 6.17. The summed E-state index contributed by atoms with van der Waals surface area (Å²) >= 11 is 5.75. The van der Waals surface area contributed by atoms with Gasteiger partial charge in [0.15, 0.2) is 0 Å². The molecule has 1 atom stereocenters. The van der Waals surface area contributed by atoms with E-state index in [1.807, 2.05) is 19.1 Å². The van der Waals surface area contributed by atoms with Crippen LogP contribution in [-0.2, 0) is 12.3 Å². The highest BCUT2D eigenvalue weighted by atomic mass is 35.5. The summed E-state index contributed by atoms with van der Waals surface area (Å²) in [5.41, 5.74) is 4.07. The topological polar surface area (TPSA) is 29.1 Å². The first-order chi connectivity index (χ1) is 10.1. The molecule has 0 spiro atoms. The smallest absolute Gasteiger partial charge is 0.251 e. The monoisotopic (exact) mass is 301 g/mol. The fourth-order valence-electron chi connectivity index (χ4n) is 2.15. The number of carbonyl (C=O) groups is 1. The van der Waals surface area contributed by atoms with Crippen molar-refractivity contribution in [1.29, 1.82) is 0 Å². The van der Waals surface area contributed by atoms with E-state index in [4.69, 9.17) is 11.6 Å². The van der Waals surface area contributed by atoms with Gasteiger partial charge < -0.3 is 5.32 Å². The van der Waals surface area contributed by atoms with Crippen LogP contribution in [0, 0.1) is 0 Å². The fourth-order valence-corrected chi connectivity index (χ4v) is 2.33. The lowest BCUT2D eigenvalue weighted by atomic mass is 10.0. The summed E-state index contributed by atoms with van der Waals surface area (Å²) in [5.74, 6) is 0.394. The molecule has 3 heteroatoms. The Bertz CT molecular complexity index is 590. The second kappa shape index (κ2) is 7.28. The molecule has 0 bridgehead atoms. The van der Waals surface area contributed by atoms with Crippen LogP contribution in [0.15, 0.2) is 48.5 Å². The van der Waals surface area contributed by atoms with E-state index in [-0.39, 0.29) is 11.9 Å². The van der Waals surface area contributed by atoms with E-state index < -0.39 is 0 Å². The third-order valence-electron chi connectivity index (χ3n) is 3.61. The van der Waals surface area contributed by atoms with E-state index in [0.29, 0.717) is 11.4 Å². The third-order valence-corrected chi connectivity index (χ3v) is 3.91. The molecule has 0 saturated heterocycles. The summed E-state index contributed by atoms with van der Waals surface area (Å²) in [5, 5.41) is 3.02. The quantitative estimate of drug-likeness (QED) is 0.811. The predicted octanol–water partition coefficient (Wildman–Crippen LogP) is 4.48. The standard InChI is InChI=1S/C18H20ClNO/c1-3-14-4-8-16(9-5-14)13(2)20-18(21)17-10-6-15(12-19)7-11-17/h4-11,13H,3,12H2,1-2H3,(H,20,21). The molecule has 0 aliphatic carbocycles. The molecular weight excluding hydrogens is 282 g/mol. The van der Waals surface area contributed by atoms with Crippen LogP contribution in [0.25, 0.3) is 0 Å². The van der Waals surface area contributed by atoms with Crippen molar-refractivity contribution in [2.24, 2.45) is 0 Å². The molecule has 0 fully saturated rings. The van der Waals surface area contributed by atoms with Gasteiger partial charge in [-0.1, -0.05) is 43.3 Å². The van der Waals surface area contributed by atoms with Crippen LogP contribution in [-0.4, -0.2) is 5.91 Å². The lowest BCUT2D eigenvalue weighted by Gasteiger charge is -2.15. The summed E-state index contributed by atoms with van der Waals surface area (Å²) < 4.78 is 0. The largest absolute Gasteiger partial charge is 0.346 e. The van der Waals surface area contributed by atoms with Crippen LogP contribution < -0.4 is 5.32 Å². The summed E-state index contributed by atoms with van der Waals surface area (Å²) in [6.07, 6.45) is 1.02. The predicted molar refractivity (Wildman–Crippen MR) is 87.7 cm³/mol. The van der Waals surface area contributed by atoms with E-state index in [9.17, 15) is 4.79 Å². The molecule has 1 unspecified atom stereocenters. The molecule has 110 valence electrons. The van der Waals surface area contributed by atoms with Crippen LogP contribution in [0.3, 0.4) is 0 Å². The number of nitrogens with one attached hydrogen (secondary N) is 1. The van der Waals surface area contributed by atoms with E-state index in [0.717, 1.165) is 17.5 Å². The van der Waals surface area contributed by atoms with Crippen molar-refractivity contribution < 1.29 is 4.79 Å². The number of alkyl halides is 1. The fraction of sp³-hybridized carbons (Fsp3) is 0.278. The van der Waals surface area contributed by atoms with Crippen molar-refractivity contribution in [3.05, 3.63) is 70.8 Å². The molecule has 2 aromatic rings. The Morgan fingerprint density at radius 2 is 1.62 bits per heavy atom. The first kappa shape index (κ1) is 15.6. The van der Waals surface area contributed by atoms with Gasteiger partial charge in [0.2, 0.25) is 0 Å². The number of rotatable bonds is 5. The SMILES string of the molecule is CCc1ccc(C(C)NC(=O)c2ccc(CCl)cc2)cc1. The van der Waals surface area contributed by atoms with Crippen LogP contribution in [0.5, 0.6) is 0 Å². The Hall–Kier alpha value is -1.80. The minimum Gasteiger partial charge on any atom is -0.346 e. The van der Waals surface area contributed by atoms with Gasteiger partial charge in [-0.05, 0) is 42.2 Å². The average molecular weight is 302 g/mol. The maximum Gasteiger partial charge on any atom is 0.251 e. The molecule has 1 N–H and O–H groups in total. The highest BCUT2D eigenvalue weighted by Crippen LogP contribution is 2.15. The normalized spacial score (nSPS) is 12.0. The molecular formula is C18H20ClNO. The number of aryl methyl sites for hydroxylation is 1. The van der Waals surface area contributed by atoms with E-state index in [1.165, 1.54) is 5.56 Å². The third kappa shape index (κ3) is 4.08. The van der Waals surface area contributed by atoms with Gasteiger partial charge in [0, 0.05) is 11.4 Å². The summed E-state index contributed by atoms with van der Waals surface area (Å²) in [4.78, 5) is 12.2. The zero-order valence-electron chi connectivity index (χ0n) is 12.4. The summed E-state index contributed by atoms with van der Waals surface area (Å²) in [6, 6.07) is 15.7. The lowest BCUT2D eigenvalue weighted by molar-refractivity contribution is 0.0940. The minimum absolute atomic E-state index is 0.0175. The maximum absolute atomic E-state index is 12.2. The zero-order chi connectivity index (χ0) is 15.2. The number of hydrogen-bond donors (Lipinski definition) is 1. The Morgan fingerprint density at radius 1 is 1.05 bits per heavy atom. The molecule has 2 rings (SSSR count). The molecule has 2 aromatic carbocycles. The van der Waals surface area contributed by atoms with Crippen molar-refractivity contribution in [1.82, 2.24) is 5.32 Å². The number of halogens is 1. The van der Waals surface area contributed by atoms with E-state index >= 15 is 0 Å². The molecule has 2 nitrogen and oxygen atoms in total. The zero-order valence-corrected chi connectivity index (χ0v) is 13.2. The van der Waals surface area contributed by atoms with Gasteiger partial charge >= 0.3 is 0 Å². The average Bonchev–Trinajstić information content (AvgIpc) is 2.55. The number of carbonyl (C=O) groups excluding carboxylic acids is 1. The number of hydrogen-bond acceptors (Lipinski definition) is 1. The Morgan fingerprint density at radius 3 is 2.14 bits per heavy atom. The van der Waals surface area contributed by atoms with E-state index in [1.54, 1.807) is 12.1 Å². The number of amides is 1. The lowest BCUT2D eigenvalue weighted by Crippen LogP contribution is -2.26. The summed E-state index contributed by atoms with van der Waals surface area (Å²) in [6.45, 7) is 4.12. The summed E-state index contributed by atoms with van der Waals surface area (Å²) in [7, 11) is 0. The molecule has 0 saturated carbocycles. The Balaban J connectivity index is 2.03. The van der Waals surface area contributed by atoms with Gasteiger partial charge in [0.05, 0.1) is 6.04 Å². The Kier molecular flexibility index (Phi) is 5.40. The Labute approximate surface area is 131 Å². The van der Waals surface area contributed by atoms with Crippen molar-refractivity contribution in [3.63, 3.8) is 0 Å². The minimum atomic E-state index is -0.0665. The molecule has 1 amide bonds. The first-order valence-corrected chi connectivity index (χ1v) is 7.72. The molecule has 0 aromatic heterocycles. The molecule has 0 radical (unpaired) electrons.